The van der Waals surface area contributed by atoms with E-state index in [1.807, 2.05) is 6.07 Å². The second-order valence-corrected chi connectivity index (χ2v) is 5.38. The molecule has 0 amide bonds. The molecule has 96 valence electrons. The summed E-state index contributed by atoms with van der Waals surface area (Å²) in [6.45, 7) is 4.44. The Hall–Kier alpha value is -0.700. The average Bonchev–Trinajstić information content (AvgIpc) is 2.37. The number of rotatable bonds is 6. The van der Waals surface area contributed by atoms with Crippen LogP contribution in [-0.2, 0) is 0 Å². The molecule has 0 N–H and O–H groups in total. The smallest absolute Gasteiger partial charge is 0.160 e. The maximum absolute atomic E-state index is 5.33. The van der Waals surface area contributed by atoms with Gasteiger partial charge in [-0.15, -0.1) is 0 Å². The third-order valence-corrected chi connectivity index (χ3v) is 4.29. The normalized spacial score (nSPS) is 14.2. The summed E-state index contributed by atoms with van der Waals surface area (Å²) >= 11 is 3.75. The van der Waals surface area contributed by atoms with Crippen molar-refractivity contribution in [1.29, 1.82) is 0 Å². The van der Waals surface area contributed by atoms with Crippen LogP contribution in [0.4, 0.5) is 0 Å². The molecule has 3 heteroatoms. The molecule has 0 spiro atoms. The van der Waals surface area contributed by atoms with Gasteiger partial charge in [0.2, 0.25) is 0 Å². The van der Waals surface area contributed by atoms with Gasteiger partial charge in [0.25, 0.3) is 0 Å². The third kappa shape index (κ3) is 3.63. The van der Waals surface area contributed by atoms with Crippen LogP contribution in [0.5, 0.6) is 11.5 Å². The van der Waals surface area contributed by atoms with E-state index >= 15 is 0 Å². The molecule has 2 nitrogen and oxygen atoms in total. The predicted molar refractivity (Wildman–Crippen MR) is 75.6 cm³/mol. The van der Waals surface area contributed by atoms with Gasteiger partial charge in [-0.2, -0.15) is 0 Å². The van der Waals surface area contributed by atoms with Gasteiger partial charge in [-0.05, 0) is 30.0 Å². The number of halogens is 1. The van der Waals surface area contributed by atoms with E-state index in [1.54, 1.807) is 14.2 Å². The fourth-order valence-corrected chi connectivity index (χ4v) is 2.63. The van der Waals surface area contributed by atoms with Crippen molar-refractivity contribution in [3.63, 3.8) is 0 Å². The molecule has 2 atom stereocenters. The van der Waals surface area contributed by atoms with Crippen LogP contribution in [0.2, 0.25) is 0 Å². The van der Waals surface area contributed by atoms with E-state index in [2.05, 4.69) is 41.9 Å². The highest BCUT2D eigenvalue weighted by Gasteiger charge is 2.16. The first-order chi connectivity index (χ1) is 8.13. The lowest BCUT2D eigenvalue weighted by Gasteiger charge is -2.19. The van der Waals surface area contributed by atoms with Gasteiger partial charge < -0.3 is 9.47 Å². The van der Waals surface area contributed by atoms with E-state index < -0.39 is 0 Å². The number of methoxy groups -OCH3 is 2. The molecule has 0 aliphatic carbocycles. The molecule has 1 aromatic carbocycles. The van der Waals surface area contributed by atoms with Crippen molar-refractivity contribution in [3.8, 4) is 11.5 Å². The first-order valence-electron chi connectivity index (χ1n) is 6.00. The molecule has 0 aliphatic heterocycles. The number of benzene rings is 1. The van der Waals surface area contributed by atoms with E-state index in [-0.39, 0.29) is 0 Å². The van der Waals surface area contributed by atoms with Crippen LogP contribution in [0.1, 0.15) is 38.2 Å². The van der Waals surface area contributed by atoms with Gasteiger partial charge >= 0.3 is 0 Å². The van der Waals surface area contributed by atoms with Gasteiger partial charge in [0.05, 0.1) is 14.2 Å². The van der Waals surface area contributed by atoms with Gasteiger partial charge in [0.1, 0.15) is 0 Å². The molecule has 0 aliphatic rings. The van der Waals surface area contributed by atoms with Crippen LogP contribution in [0, 0.1) is 0 Å². The highest BCUT2D eigenvalue weighted by molar-refractivity contribution is 9.09. The maximum Gasteiger partial charge on any atom is 0.160 e. The summed E-state index contributed by atoms with van der Waals surface area (Å²) in [6, 6.07) is 6.14. The lowest BCUT2D eigenvalue weighted by Crippen LogP contribution is -2.09. The highest BCUT2D eigenvalue weighted by atomic mass is 79.9. The Kier molecular flexibility index (Phi) is 5.83. The highest BCUT2D eigenvalue weighted by Crippen LogP contribution is 2.34. The van der Waals surface area contributed by atoms with Gasteiger partial charge in [-0.25, -0.2) is 0 Å². The van der Waals surface area contributed by atoms with E-state index in [1.165, 1.54) is 18.4 Å². The molecule has 1 aromatic rings. The van der Waals surface area contributed by atoms with E-state index in [0.29, 0.717) is 10.7 Å². The lowest BCUT2D eigenvalue weighted by atomic mass is 9.95. The summed E-state index contributed by atoms with van der Waals surface area (Å²) in [5.41, 5.74) is 1.28. The van der Waals surface area contributed by atoms with Crippen molar-refractivity contribution < 1.29 is 9.47 Å². The van der Waals surface area contributed by atoms with Crippen LogP contribution >= 0.6 is 15.9 Å². The maximum atomic E-state index is 5.33. The van der Waals surface area contributed by atoms with Crippen molar-refractivity contribution in [2.45, 2.75) is 37.4 Å². The molecule has 1 rings (SSSR count). The molecule has 0 bridgehead atoms. The van der Waals surface area contributed by atoms with Crippen LogP contribution < -0.4 is 9.47 Å². The van der Waals surface area contributed by atoms with Gasteiger partial charge in [0, 0.05) is 4.83 Å². The number of ether oxygens (including phenoxy) is 2. The molecule has 0 aromatic heterocycles. The molecule has 0 radical (unpaired) electrons. The molecule has 0 fully saturated rings. The summed E-state index contributed by atoms with van der Waals surface area (Å²) in [6.07, 6.45) is 2.36. The standard InChI is InChI=1S/C14H21BrO2/c1-5-6-12(15)10(2)11-7-8-13(16-3)14(9-11)17-4/h7-10,12H,5-6H2,1-4H3. The monoisotopic (exact) mass is 300 g/mol. The van der Waals surface area contributed by atoms with E-state index in [0.717, 1.165) is 11.5 Å². The number of hydrogen-bond donors (Lipinski definition) is 0. The molecule has 0 saturated heterocycles. The minimum absolute atomic E-state index is 0.467. The van der Waals surface area contributed by atoms with Gasteiger partial charge in [-0.3, -0.25) is 0 Å². The minimum atomic E-state index is 0.467. The molecule has 2 unspecified atom stereocenters. The number of alkyl halides is 1. The van der Waals surface area contributed by atoms with E-state index in [4.69, 9.17) is 9.47 Å². The van der Waals surface area contributed by atoms with Gasteiger partial charge in [0.15, 0.2) is 11.5 Å². The first-order valence-corrected chi connectivity index (χ1v) is 6.91. The van der Waals surface area contributed by atoms with Crippen LogP contribution in [0.25, 0.3) is 0 Å². The molecule has 17 heavy (non-hydrogen) atoms. The molecular weight excluding hydrogens is 280 g/mol. The fourth-order valence-electron chi connectivity index (χ4n) is 1.87. The topological polar surface area (TPSA) is 18.5 Å². The second kappa shape index (κ2) is 6.90. The third-order valence-electron chi connectivity index (χ3n) is 3.04. The van der Waals surface area contributed by atoms with Crippen LogP contribution in [-0.4, -0.2) is 19.0 Å². The largest absolute Gasteiger partial charge is 0.493 e. The summed E-state index contributed by atoms with van der Waals surface area (Å²) in [5.74, 6) is 2.05. The van der Waals surface area contributed by atoms with Crippen molar-refractivity contribution in [3.05, 3.63) is 23.8 Å². The summed E-state index contributed by atoms with van der Waals surface area (Å²) in [4.78, 5) is 0.505. The SMILES string of the molecule is CCCC(Br)C(C)c1ccc(OC)c(OC)c1. The lowest BCUT2D eigenvalue weighted by molar-refractivity contribution is 0.354. The number of hydrogen-bond acceptors (Lipinski definition) is 2. The Morgan fingerprint density at radius 1 is 1.18 bits per heavy atom. The quantitative estimate of drug-likeness (QED) is 0.726. The van der Waals surface area contributed by atoms with Crippen LogP contribution in [0.15, 0.2) is 18.2 Å². The summed E-state index contributed by atoms with van der Waals surface area (Å²) in [5, 5.41) is 0. The average molecular weight is 301 g/mol. The molecule has 0 saturated carbocycles. The minimum Gasteiger partial charge on any atom is -0.493 e. The van der Waals surface area contributed by atoms with Crippen molar-refractivity contribution in [2.24, 2.45) is 0 Å². The Morgan fingerprint density at radius 2 is 1.82 bits per heavy atom. The fraction of sp³-hybridized carbons (Fsp3) is 0.571. The summed E-state index contributed by atoms with van der Waals surface area (Å²) in [7, 11) is 3.33. The Bertz CT molecular complexity index is 352. The second-order valence-electron chi connectivity index (χ2n) is 4.21. The molecule has 0 heterocycles. The summed E-state index contributed by atoms with van der Waals surface area (Å²) < 4.78 is 10.6. The van der Waals surface area contributed by atoms with E-state index in [9.17, 15) is 0 Å². The molecular formula is C14H21BrO2. The zero-order valence-electron chi connectivity index (χ0n) is 11.0. The van der Waals surface area contributed by atoms with Crippen LogP contribution in [0.3, 0.4) is 0 Å². The first kappa shape index (κ1) is 14.4. The van der Waals surface area contributed by atoms with Gasteiger partial charge in [-0.1, -0.05) is 42.3 Å². The van der Waals surface area contributed by atoms with Crippen molar-refractivity contribution in [2.75, 3.05) is 14.2 Å². The predicted octanol–water partition coefficient (Wildman–Crippen LogP) is 4.37. The zero-order chi connectivity index (χ0) is 12.8. The Balaban J connectivity index is 2.91. The van der Waals surface area contributed by atoms with Crippen molar-refractivity contribution >= 4 is 15.9 Å². The van der Waals surface area contributed by atoms with Crippen molar-refractivity contribution in [1.82, 2.24) is 0 Å². The Morgan fingerprint density at radius 3 is 2.35 bits per heavy atom. The zero-order valence-corrected chi connectivity index (χ0v) is 12.6. The Labute approximate surface area is 112 Å².